The lowest BCUT2D eigenvalue weighted by Gasteiger charge is -2.18. The molecule has 2 aromatic rings. The van der Waals surface area contributed by atoms with Crippen molar-refractivity contribution >= 4 is 17.1 Å². The summed E-state index contributed by atoms with van der Waals surface area (Å²) in [6, 6.07) is 14.3. The van der Waals surface area contributed by atoms with Gasteiger partial charge in [-0.05, 0) is 55.3 Å². The highest BCUT2D eigenvalue weighted by Crippen LogP contribution is 2.25. The van der Waals surface area contributed by atoms with Crippen LogP contribution in [0.5, 0.6) is 0 Å². The topological polar surface area (TPSA) is 39.1 Å². The monoisotopic (exact) mass is 281 g/mol. The Kier molecular flexibility index (Phi) is 3.74. The molecule has 0 bridgehead atoms. The van der Waals surface area contributed by atoms with Crippen molar-refractivity contribution in [1.29, 1.82) is 5.26 Å². The SMILES string of the molecule is N#Cc1cc(F)ccc1Nc1ccc(N2CCCC2)cc1. The average Bonchev–Trinajstić information content (AvgIpc) is 3.04. The van der Waals surface area contributed by atoms with Crippen LogP contribution in [0.4, 0.5) is 21.5 Å². The summed E-state index contributed by atoms with van der Waals surface area (Å²) in [5.41, 5.74) is 3.03. The lowest BCUT2D eigenvalue weighted by Crippen LogP contribution is -2.17. The molecule has 0 saturated carbocycles. The second kappa shape index (κ2) is 5.84. The van der Waals surface area contributed by atoms with Gasteiger partial charge in [-0.15, -0.1) is 0 Å². The smallest absolute Gasteiger partial charge is 0.124 e. The lowest BCUT2D eigenvalue weighted by molar-refractivity contribution is 0.627. The first-order valence-electron chi connectivity index (χ1n) is 7.08. The maximum Gasteiger partial charge on any atom is 0.124 e. The van der Waals surface area contributed by atoms with E-state index in [1.165, 1.54) is 30.7 Å². The molecule has 1 heterocycles. The fourth-order valence-electron chi connectivity index (χ4n) is 2.60. The van der Waals surface area contributed by atoms with Crippen molar-refractivity contribution in [2.75, 3.05) is 23.3 Å². The summed E-state index contributed by atoms with van der Waals surface area (Å²) in [6.45, 7) is 2.23. The number of rotatable bonds is 3. The Balaban J connectivity index is 1.78. The third-order valence-electron chi connectivity index (χ3n) is 3.72. The molecule has 0 amide bonds. The van der Waals surface area contributed by atoms with E-state index in [0.29, 0.717) is 11.3 Å². The Morgan fingerprint density at radius 1 is 1.05 bits per heavy atom. The molecule has 106 valence electrons. The third kappa shape index (κ3) is 2.97. The van der Waals surface area contributed by atoms with Crippen molar-refractivity contribution in [2.24, 2.45) is 0 Å². The summed E-state index contributed by atoms with van der Waals surface area (Å²) >= 11 is 0. The first-order chi connectivity index (χ1) is 10.3. The van der Waals surface area contributed by atoms with Gasteiger partial charge in [0.2, 0.25) is 0 Å². The summed E-state index contributed by atoms with van der Waals surface area (Å²) in [5.74, 6) is -0.401. The summed E-state index contributed by atoms with van der Waals surface area (Å²) < 4.78 is 13.1. The molecule has 4 heteroatoms. The van der Waals surface area contributed by atoms with Gasteiger partial charge in [-0.2, -0.15) is 5.26 Å². The zero-order chi connectivity index (χ0) is 14.7. The Hall–Kier alpha value is -2.54. The van der Waals surface area contributed by atoms with Crippen LogP contribution in [0.25, 0.3) is 0 Å². The number of benzene rings is 2. The number of hydrogen-bond donors (Lipinski definition) is 1. The second-order valence-corrected chi connectivity index (χ2v) is 5.17. The molecule has 0 atom stereocenters. The van der Waals surface area contributed by atoms with Crippen molar-refractivity contribution in [3.8, 4) is 6.07 Å². The summed E-state index contributed by atoms with van der Waals surface area (Å²) in [5, 5.41) is 12.2. The average molecular weight is 281 g/mol. The molecular formula is C17H16FN3. The van der Waals surface area contributed by atoms with Gasteiger partial charge in [0.25, 0.3) is 0 Å². The largest absolute Gasteiger partial charge is 0.372 e. The van der Waals surface area contributed by atoms with E-state index in [-0.39, 0.29) is 0 Å². The number of halogens is 1. The molecule has 1 fully saturated rings. The molecule has 1 N–H and O–H groups in total. The minimum absolute atomic E-state index is 0.304. The molecule has 0 radical (unpaired) electrons. The highest BCUT2D eigenvalue weighted by Gasteiger charge is 2.12. The van der Waals surface area contributed by atoms with Crippen LogP contribution in [0.3, 0.4) is 0 Å². The molecule has 0 spiro atoms. The van der Waals surface area contributed by atoms with E-state index in [9.17, 15) is 4.39 Å². The number of nitriles is 1. The molecule has 0 aliphatic carbocycles. The maximum absolute atomic E-state index is 13.1. The van der Waals surface area contributed by atoms with Gasteiger partial charge in [-0.3, -0.25) is 0 Å². The van der Waals surface area contributed by atoms with Crippen LogP contribution >= 0.6 is 0 Å². The molecule has 2 aromatic carbocycles. The predicted octanol–water partition coefficient (Wildman–Crippen LogP) is 4.04. The second-order valence-electron chi connectivity index (χ2n) is 5.17. The molecule has 1 aliphatic heterocycles. The van der Waals surface area contributed by atoms with Crippen LogP contribution in [-0.2, 0) is 0 Å². The van der Waals surface area contributed by atoms with Gasteiger partial charge in [-0.1, -0.05) is 0 Å². The molecule has 0 aromatic heterocycles. The van der Waals surface area contributed by atoms with Gasteiger partial charge >= 0.3 is 0 Å². The van der Waals surface area contributed by atoms with Crippen LogP contribution in [-0.4, -0.2) is 13.1 Å². The normalized spacial score (nSPS) is 14.0. The van der Waals surface area contributed by atoms with Crippen molar-refractivity contribution < 1.29 is 4.39 Å². The Labute approximate surface area is 123 Å². The van der Waals surface area contributed by atoms with Gasteiger partial charge in [0.05, 0.1) is 11.3 Å². The lowest BCUT2D eigenvalue weighted by atomic mass is 10.1. The van der Waals surface area contributed by atoms with Gasteiger partial charge in [0.1, 0.15) is 11.9 Å². The number of nitrogens with one attached hydrogen (secondary N) is 1. The van der Waals surface area contributed by atoms with E-state index in [1.807, 2.05) is 18.2 Å². The molecule has 3 nitrogen and oxygen atoms in total. The molecule has 3 rings (SSSR count). The van der Waals surface area contributed by atoms with Gasteiger partial charge < -0.3 is 10.2 Å². The van der Waals surface area contributed by atoms with E-state index in [0.717, 1.165) is 18.8 Å². The van der Waals surface area contributed by atoms with Crippen LogP contribution in [0.15, 0.2) is 42.5 Å². The highest BCUT2D eigenvalue weighted by molar-refractivity contribution is 5.68. The standard InChI is InChI=1S/C17H16FN3/c18-14-3-8-17(13(11-14)12-19)20-15-4-6-16(7-5-15)21-9-1-2-10-21/h3-8,11,20H,1-2,9-10H2. The Morgan fingerprint density at radius 3 is 2.43 bits per heavy atom. The fraction of sp³-hybridized carbons (Fsp3) is 0.235. The fourth-order valence-corrected chi connectivity index (χ4v) is 2.60. The van der Waals surface area contributed by atoms with Gasteiger partial charge in [-0.25, -0.2) is 4.39 Å². The van der Waals surface area contributed by atoms with E-state index < -0.39 is 5.82 Å². The molecule has 1 aliphatic rings. The molecule has 21 heavy (non-hydrogen) atoms. The van der Waals surface area contributed by atoms with Crippen LogP contribution in [0, 0.1) is 17.1 Å². The van der Waals surface area contributed by atoms with Gasteiger partial charge in [0, 0.05) is 24.5 Å². The number of hydrogen-bond acceptors (Lipinski definition) is 3. The third-order valence-corrected chi connectivity index (χ3v) is 3.72. The zero-order valence-electron chi connectivity index (χ0n) is 11.6. The maximum atomic E-state index is 13.1. The number of anilines is 3. The van der Waals surface area contributed by atoms with Crippen molar-refractivity contribution in [2.45, 2.75) is 12.8 Å². The van der Waals surface area contributed by atoms with E-state index >= 15 is 0 Å². The van der Waals surface area contributed by atoms with Crippen LogP contribution < -0.4 is 10.2 Å². The summed E-state index contributed by atoms with van der Waals surface area (Å²) in [4.78, 5) is 2.36. The van der Waals surface area contributed by atoms with Crippen LogP contribution in [0.2, 0.25) is 0 Å². The molecule has 1 saturated heterocycles. The van der Waals surface area contributed by atoms with E-state index in [2.05, 4.69) is 22.3 Å². The van der Waals surface area contributed by atoms with Crippen molar-refractivity contribution in [1.82, 2.24) is 0 Å². The summed E-state index contributed by atoms with van der Waals surface area (Å²) in [6.07, 6.45) is 2.50. The van der Waals surface area contributed by atoms with Crippen LogP contribution in [0.1, 0.15) is 18.4 Å². The number of nitrogens with zero attached hydrogens (tertiary/aromatic N) is 2. The zero-order valence-corrected chi connectivity index (χ0v) is 11.6. The Bertz CT molecular complexity index is 667. The summed E-state index contributed by atoms with van der Waals surface area (Å²) in [7, 11) is 0. The van der Waals surface area contributed by atoms with E-state index in [4.69, 9.17) is 5.26 Å². The van der Waals surface area contributed by atoms with E-state index in [1.54, 1.807) is 6.07 Å². The predicted molar refractivity (Wildman–Crippen MR) is 82.3 cm³/mol. The van der Waals surface area contributed by atoms with Gasteiger partial charge in [0.15, 0.2) is 0 Å². The van der Waals surface area contributed by atoms with Crippen molar-refractivity contribution in [3.05, 3.63) is 53.8 Å². The first kappa shape index (κ1) is 13.4. The molecule has 0 unspecified atom stereocenters. The first-order valence-corrected chi connectivity index (χ1v) is 7.08. The quantitative estimate of drug-likeness (QED) is 0.922. The van der Waals surface area contributed by atoms with Crippen molar-refractivity contribution in [3.63, 3.8) is 0 Å². The minimum atomic E-state index is -0.401. The molecular weight excluding hydrogens is 265 g/mol. The Morgan fingerprint density at radius 2 is 1.76 bits per heavy atom. The highest BCUT2D eigenvalue weighted by atomic mass is 19.1. The minimum Gasteiger partial charge on any atom is -0.372 e.